The van der Waals surface area contributed by atoms with Gasteiger partial charge in [0, 0.05) is 93.6 Å². The minimum absolute atomic E-state index is 0.121. The number of rotatable bonds is 20. The molecule has 1 aliphatic heterocycles. The van der Waals surface area contributed by atoms with Crippen LogP contribution in [0.3, 0.4) is 0 Å². The maximum Gasteiger partial charge on any atom is 0.333 e. The number of ketones is 1. The Labute approximate surface area is 344 Å². The van der Waals surface area contributed by atoms with Crippen molar-refractivity contribution in [2.24, 2.45) is 7.05 Å². The molecule has 0 bridgehead atoms. The molecule has 0 spiro atoms. The number of fused-ring (bicyclic) bond motifs is 3. The number of hydrogen-bond acceptors (Lipinski definition) is 12. The van der Waals surface area contributed by atoms with Crippen molar-refractivity contribution in [3.8, 4) is 16.8 Å². The Morgan fingerprint density at radius 2 is 1.37 bits per heavy atom. The number of anilines is 2. The Hall–Kier alpha value is -5.54. The third-order valence-corrected chi connectivity index (χ3v) is 10.7. The minimum atomic E-state index is -0.121. The Bertz CT molecular complexity index is 2390. The molecular formula is C45H54N8O6. The largest absolute Gasteiger partial charge is 0.379 e. The fraction of sp³-hybridized carbons (Fsp3) is 0.422. The van der Waals surface area contributed by atoms with Gasteiger partial charge in [-0.05, 0) is 80.3 Å². The van der Waals surface area contributed by atoms with E-state index in [1.807, 2.05) is 56.7 Å². The van der Waals surface area contributed by atoms with E-state index in [9.17, 15) is 9.59 Å². The normalized spacial score (nSPS) is 13.2. The molecule has 14 heteroatoms. The average molecular weight is 803 g/mol. The molecule has 2 aromatic carbocycles. The summed E-state index contributed by atoms with van der Waals surface area (Å²) in [6.07, 6.45) is 8.71. The van der Waals surface area contributed by atoms with Crippen molar-refractivity contribution in [1.82, 2.24) is 29.1 Å². The molecule has 310 valence electrons. The first-order chi connectivity index (χ1) is 28.8. The highest BCUT2D eigenvalue weighted by molar-refractivity contribution is 6.04. The van der Waals surface area contributed by atoms with Crippen molar-refractivity contribution in [2.75, 3.05) is 88.8 Å². The third-order valence-electron chi connectivity index (χ3n) is 10.7. The molecule has 6 aromatic rings. The van der Waals surface area contributed by atoms with Crippen LogP contribution in [-0.2, 0) is 37.2 Å². The fourth-order valence-corrected chi connectivity index (χ4v) is 7.37. The van der Waals surface area contributed by atoms with Crippen LogP contribution in [0.1, 0.15) is 36.6 Å². The number of carbonyl (C=O) groups is 1. The van der Waals surface area contributed by atoms with Gasteiger partial charge >= 0.3 is 5.69 Å². The molecular weight excluding hydrogens is 749 g/mol. The van der Waals surface area contributed by atoms with E-state index in [2.05, 4.69) is 55.9 Å². The number of carbonyl (C=O) groups excluding carboxylic acids is 1. The molecule has 1 saturated heterocycles. The van der Waals surface area contributed by atoms with Crippen LogP contribution in [-0.4, -0.2) is 114 Å². The van der Waals surface area contributed by atoms with Crippen LogP contribution < -0.4 is 15.5 Å². The molecule has 0 aliphatic carbocycles. The zero-order valence-electron chi connectivity index (χ0n) is 34.6. The number of nitrogens with zero attached hydrogens (tertiary/aromatic N) is 8. The topological polar surface area (TPSA) is 139 Å². The highest BCUT2D eigenvalue weighted by atomic mass is 16.6. The van der Waals surface area contributed by atoms with E-state index < -0.39 is 0 Å². The van der Waals surface area contributed by atoms with Crippen molar-refractivity contribution in [3.05, 3.63) is 101 Å². The number of aromatic nitrogens is 6. The summed E-state index contributed by atoms with van der Waals surface area (Å²) in [6, 6.07) is 16.5. The Kier molecular flexibility index (Phi) is 14.1. The van der Waals surface area contributed by atoms with Gasteiger partial charge in [0.25, 0.3) is 0 Å². The molecule has 0 atom stereocenters. The first-order valence-electron chi connectivity index (χ1n) is 20.5. The SMILES string of the molecule is CCOCCOCCOCCOCCC(=O)CCc1cnc(N2CCN(c3ccc(-n4c(=O)n(C)c5cnc6ccc(-c7ccc(C)nc7)cc6c54)cc3C)CC2)nc1. The first-order valence-corrected chi connectivity index (χ1v) is 20.5. The summed E-state index contributed by atoms with van der Waals surface area (Å²) in [5.41, 5.74) is 9.27. The summed E-state index contributed by atoms with van der Waals surface area (Å²) in [7, 11) is 1.80. The number of pyridine rings is 2. The summed E-state index contributed by atoms with van der Waals surface area (Å²) in [6.45, 7) is 13.4. The van der Waals surface area contributed by atoms with E-state index >= 15 is 0 Å². The maximum absolute atomic E-state index is 13.8. The lowest BCUT2D eigenvalue weighted by molar-refractivity contribution is -0.120. The van der Waals surface area contributed by atoms with Gasteiger partial charge in [0.1, 0.15) is 5.78 Å². The van der Waals surface area contributed by atoms with Gasteiger partial charge in [-0.15, -0.1) is 0 Å². The van der Waals surface area contributed by atoms with Crippen LogP contribution in [0.4, 0.5) is 11.6 Å². The number of imidazole rings is 1. The van der Waals surface area contributed by atoms with Gasteiger partial charge in [0.2, 0.25) is 5.95 Å². The van der Waals surface area contributed by atoms with Crippen molar-refractivity contribution in [1.29, 1.82) is 0 Å². The molecule has 59 heavy (non-hydrogen) atoms. The smallest absolute Gasteiger partial charge is 0.333 e. The summed E-state index contributed by atoms with van der Waals surface area (Å²) in [4.78, 5) is 49.3. The third kappa shape index (κ3) is 10.2. The predicted octanol–water partition coefficient (Wildman–Crippen LogP) is 5.65. The highest BCUT2D eigenvalue weighted by Crippen LogP contribution is 2.31. The van der Waals surface area contributed by atoms with E-state index in [-0.39, 0.29) is 11.5 Å². The number of piperazine rings is 1. The van der Waals surface area contributed by atoms with Gasteiger partial charge in [0.05, 0.1) is 74.7 Å². The van der Waals surface area contributed by atoms with Gasteiger partial charge < -0.3 is 28.7 Å². The molecule has 0 unspecified atom stereocenters. The summed E-state index contributed by atoms with van der Waals surface area (Å²) >= 11 is 0. The van der Waals surface area contributed by atoms with Gasteiger partial charge in [-0.25, -0.2) is 14.8 Å². The van der Waals surface area contributed by atoms with Crippen LogP contribution in [0.5, 0.6) is 0 Å². The lowest BCUT2D eigenvalue weighted by atomic mass is 10.0. The molecule has 0 saturated carbocycles. The van der Waals surface area contributed by atoms with Crippen molar-refractivity contribution in [3.63, 3.8) is 0 Å². The monoisotopic (exact) mass is 802 g/mol. The number of ether oxygens (including phenoxy) is 4. The maximum atomic E-state index is 13.8. The van der Waals surface area contributed by atoms with Gasteiger partial charge in [-0.1, -0.05) is 12.1 Å². The molecule has 5 heterocycles. The van der Waals surface area contributed by atoms with Gasteiger partial charge in [0.15, 0.2) is 0 Å². The van der Waals surface area contributed by atoms with Crippen LogP contribution in [0.15, 0.2) is 78.1 Å². The standard InChI is InChI=1S/C45H54N8O6/c1-5-56-20-21-58-24-25-59-23-22-57-19-14-38(54)11-7-34-28-48-44(49-29-34)52-17-15-51(16-18-52)41-13-10-37(26-32(41)2)53-43-39-27-35(36-8-6-33(3)46-30-36)9-12-40(39)47-31-42(43)50(4)45(53)55/h6,8-10,12-13,26-31H,5,7,11,14-25H2,1-4H3. The van der Waals surface area contributed by atoms with Gasteiger partial charge in [-0.2, -0.15) is 0 Å². The zero-order chi connectivity index (χ0) is 41.1. The van der Waals surface area contributed by atoms with E-state index in [4.69, 9.17) is 23.9 Å². The van der Waals surface area contributed by atoms with E-state index in [0.29, 0.717) is 78.1 Å². The van der Waals surface area contributed by atoms with Crippen LogP contribution in [0.2, 0.25) is 0 Å². The molecule has 4 aromatic heterocycles. The minimum Gasteiger partial charge on any atom is -0.379 e. The number of aryl methyl sites for hydroxylation is 4. The second-order valence-electron chi connectivity index (χ2n) is 14.7. The van der Waals surface area contributed by atoms with Crippen LogP contribution in [0.25, 0.3) is 38.8 Å². The summed E-state index contributed by atoms with van der Waals surface area (Å²) < 4.78 is 25.1. The second-order valence-corrected chi connectivity index (χ2v) is 14.7. The van der Waals surface area contributed by atoms with E-state index in [0.717, 1.165) is 87.4 Å². The Balaban J connectivity index is 0.902. The van der Waals surface area contributed by atoms with E-state index in [1.54, 1.807) is 22.4 Å². The van der Waals surface area contributed by atoms with Crippen molar-refractivity contribution < 1.29 is 23.7 Å². The Morgan fingerprint density at radius 3 is 2.05 bits per heavy atom. The first kappa shape index (κ1) is 41.6. The molecule has 0 N–H and O–H groups in total. The van der Waals surface area contributed by atoms with Crippen LogP contribution in [0, 0.1) is 13.8 Å². The van der Waals surface area contributed by atoms with Crippen molar-refractivity contribution >= 4 is 39.4 Å². The molecule has 14 nitrogen and oxygen atoms in total. The quantitative estimate of drug-likeness (QED) is 0.0882. The second kappa shape index (κ2) is 19.9. The number of benzene rings is 2. The number of Topliss-reactive ketones (excluding diaryl/α,β-unsaturated/α-hetero) is 1. The molecule has 0 amide bonds. The predicted molar refractivity (Wildman–Crippen MR) is 230 cm³/mol. The van der Waals surface area contributed by atoms with Crippen LogP contribution >= 0.6 is 0 Å². The fourth-order valence-electron chi connectivity index (χ4n) is 7.37. The Morgan fingerprint density at radius 1 is 0.695 bits per heavy atom. The summed E-state index contributed by atoms with van der Waals surface area (Å²) in [5.74, 6) is 0.843. The highest BCUT2D eigenvalue weighted by Gasteiger charge is 2.22. The molecule has 0 radical (unpaired) electrons. The van der Waals surface area contributed by atoms with Gasteiger partial charge in [-0.3, -0.25) is 23.9 Å². The zero-order valence-corrected chi connectivity index (χ0v) is 34.6. The summed E-state index contributed by atoms with van der Waals surface area (Å²) in [5, 5.41) is 0.908. The number of hydrogen-bond donors (Lipinski definition) is 0. The lowest BCUT2D eigenvalue weighted by Gasteiger charge is -2.36. The van der Waals surface area contributed by atoms with Crippen molar-refractivity contribution in [2.45, 2.75) is 40.0 Å². The molecule has 1 fully saturated rings. The lowest BCUT2D eigenvalue weighted by Crippen LogP contribution is -2.47. The van der Waals surface area contributed by atoms with E-state index in [1.165, 1.54) is 0 Å². The average Bonchev–Trinajstić information content (AvgIpc) is 3.52. The molecule has 7 rings (SSSR count). The molecule has 1 aliphatic rings.